The molecule has 3 heterocycles. The fraction of sp³-hybridized carbons (Fsp3) is 0.400. The Hall–Kier alpha value is -1.14. The van der Waals surface area contributed by atoms with Gasteiger partial charge < -0.3 is 14.3 Å². The third-order valence-electron chi connectivity index (χ3n) is 2.75. The SMILES string of the molecule is CC1NCCn2c(-c3ccc(Br)o3)nnc21. The fourth-order valence-electron chi connectivity index (χ4n) is 1.96. The van der Waals surface area contributed by atoms with Crippen molar-refractivity contribution in [2.75, 3.05) is 6.54 Å². The van der Waals surface area contributed by atoms with Crippen molar-refractivity contribution in [3.63, 3.8) is 0 Å². The van der Waals surface area contributed by atoms with Crippen molar-refractivity contribution in [1.29, 1.82) is 0 Å². The maximum atomic E-state index is 5.50. The molecule has 0 spiro atoms. The molecule has 2 aromatic rings. The molecule has 0 bridgehead atoms. The summed E-state index contributed by atoms with van der Waals surface area (Å²) in [5.41, 5.74) is 0. The molecule has 1 unspecified atom stereocenters. The van der Waals surface area contributed by atoms with Gasteiger partial charge in [0, 0.05) is 13.1 Å². The molecular formula is C10H11BrN4O. The van der Waals surface area contributed by atoms with E-state index in [9.17, 15) is 0 Å². The first-order valence-corrected chi connectivity index (χ1v) is 5.97. The lowest BCUT2D eigenvalue weighted by molar-refractivity contribution is 0.435. The topological polar surface area (TPSA) is 55.9 Å². The Morgan fingerprint density at radius 2 is 2.38 bits per heavy atom. The van der Waals surface area contributed by atoms with Gasteiger partial charge in [0.1, 0.15) is 5.82 Å². The number of hydrogen-bond acceptors (Lipinski definition) is 4. The summed E-state index contributed by atoms with van der Waals surface area (Å²) < 4.78 is 8.32. The summed E-state index contributed by atoms with van der Waals surface area (Å²) in [6.07, 6.45) is 0. The highest BCUT2D eigenvalue weighted by Gasteiger charge is 2.23. The molecule has 2 aromatic heterocycles. The first kappa shape index (κ1) is 10.0. The van der Waals surface area contributed by atoms with Gasteiger partial charge in [-0.3, -0.25) is 0 Å². The van der Waals surface area contributed by atoms with Crippen molar-refractivity contribution >= 4 is 15.9 Å². The van der Waals surface area contributed by atoms with Crippen LogP contribution in [0.2, 0.25) is 0 Å². The molecule has 0 radical (unpaired) electrons. The maximum absolute atomic E-state index is 5.50. The molecule has 0 aromatic carbocycles. The normalized spacial score (nSPS) is 19.8. The highest BCUT2D eigenvalue weighted by atomic mass is 79.9. The van der Waals surface area contributed by atoms with E-state index in [0.717, 1.165) is 30.5 Å². The van der Waals surface area contributed by atoms with E-state index in [-0.39, 0.29) is 6.04 Å². The zero-order valence-electron chi connectivity index (χ0n) is 8.77. The van der Waals surface area contributed by atoms with Crippen LogP contribution in [0.5, 0.6) is 0 Å². The second kappa shape index (κ2) is 3.71. The van der Waals surface area contributed by atoms with Crippen molar-refractivity contribution in [3.05, 3.63) is 22.6 Å². The molecule has 0 aliphatic carbocycles. The smallest absolute Gasteiger partial charge is 0.199 e. The third-order valence-corrected chi connectivity index (χ3v) is 3.17. The Bertz CT molecular complexity index is 519. The number of nitrogens with one attached hydrogen (secondary N) is 1. The van der Waals surface area contributed by atoms with Crippen LogP contribution in [0, 0.1) is 0 Å². The van der Waals surface area contributed by atoms with E-state index in [2.05, 4.69) is 42.9 Å². The van der Waals surface area contributed by atoms with Crippen LogP contribution in [0.3, 0.4) is 0 Å². The Morgan fingerprint density at radius 1 is 1.50 bits per heavy atom. The summed E-state index contributed by atoms with van der Waals surface area (Å²) in [5, 5.41) is 11.7. The lowest BCUT2D eigenvalue weighted by atomic mass is 10.2. The van der Waals surface area contributed by atoms with Crippen LogP contribution >= 0.6 is 15.9 Å². The molecule has 0 saturated carbocycles. The van der Waals surface area contributed by atoms with Crippen molar-refractivity contribution in [2.24, 2.45) is 0 Å². The number of halogens is 1. The van der Waals surface area contributed by atoms with E-state index < -0.39 is 0 Å². The highest BCUT2D eigenvalue weighted by Crippen LogP contribution is 2.26. The van der Waals surface area contributed by atoms with Crippen molar-refractivity contribution in [3.8, 4) is 11.6 Å². The molecule has 1 N–H and O–H groups in total. The highest BCUT2D eigenvalue weighted by molar-refractivity contribution is 9.10. The van der Waals surface area contributed by atoms with Gasteiger partial charge in [-0.25, -0.2) is 0 Å². The summed E-state index contributed by atoms with van der Waals surface area (Å²) in [5.74, 6) is 2.52. The van der Waals surface area contributed by atoms with E-state index in [1.165, 1.54) is 0 Å². The van der Waals surface area contributed by atoms with Gasteiger partial charge in [-0.1, -0.05) is 0 Å². The van der Waals surface area contributed by atoms with Crippen LogP contribution in [0.4, 0.5) is 0 Å². The van der Waals surface area contributed by atoms with E-state index in [1.54, 1.807) is 0 Å². The molecule has 3 rings (SSSR count). The molecule has 5 nitrogen and oxygen atoms in total. The molecule has 0 fully saturated rings. The summed E-state index contributed by atoms with van der Waals surface area (Å²) in [6.45, 7) is 3.89. The van der Waals surface area contributed by atoms with E-state index in [1.807, 2.05) is 12.1 Å². The molecule has 0 saturated heterocycles. The summed E-state index contributed by atoms with van der Waals surface area (Å²) in [6, 6.07) is 4.00. The maximum Gasteiger partial charge on any atom is 0.199 e. The van der Waals surface area contributed by atoms with Gasteiger partial charge in [0.15, 0.2) is 16.3 Å². The average molecular weight is 283 g/mol. The first-order chi connectivity index (χ1) is 7.75. The molecule has 1 aliphatic rings. The Morgan fingerprint density at radius 3 is 3.12 bits per heavy atom. The molecule has 1 aliphatic heterocycles. The van der Waals surface area contributed by atoms with E-state index in [0.29, 0.717) is 4.67 Å². The number of furan rings is 1. The zero-order valence-corrected chi connectivity index (χ0v) is 10.4. The van der Waals surface area contributed by atoms with E-state index in [4.69, 9.17) is 4.42 Å². The minimum absolute atomic E-state index is 0.244. The van der Waals surface area contributed by atoms with Crippen LogP contribution in [0.25, 0.3) is 11.6 Å². The summed E-state index contributed by atoms with van der Waals surface area (Å²) in [7, 11) is 0. The largest absolute Gasteiger partial charge is 0.446 e. The monoisotopic (exact) mass is 282 g/mol. The van der Waals surface area contributed by atoms with Gasteiger partial charge in [-0.2, -0.15) is 0 Å². The Kier molecular flexibility index (Phi) is 2.33. The number of aromatic nitrogens is 3. The van der Waals surface area contributed by atoms with Gasteiger partial charge in [0.05, 0.1) is 6.04 Å². The molecule has 16 heavy (non-hydrogen) atoms. The molecule has 84 valence electrons. The van der Waals surface area contributed by atoms with Gasteiger partial charge in [0.25, 0.3) is 0 Å². The van der Waals surface area contributed by atoms with Crippen molar-refractivity contribution in [2.45, 2.75) is 19.5 Å². The number of hydrogen-bond donors (Lipinski definition) is 1. The molecule has 6 heteroatoms. The Labute approximate surface area is 101 Å². The minimum atomic E-state index is 0.244. The standard InChI is InChI=1S/C10H11BrN4O/c1-6-9-13-14-10(15(9)5-4-12-6)7-2-3-8(11)16-7/h2-3,6,12H,4-5H2,1H3. The van der Waals surface area contributed by atoms with Crippen molar-refractivity contribution in [1.82, 2.24) is 20.1 Å². The lowest BCUT2D eigenvalue weighted by Crippen LogP contribution is -2.32. The van der Waals surface area contributed by atoms with Crippen LogP contribution < -0.4 is 5.32 Å². The Balaban J connectivity index is 2.09. The lowest BCUT2D eigenvalue weighted by Gasteiger charge is -2.21. The second-order valence-electron chi connectivity index (χ2n) is 3.81. The minimum Gasteiger partial charge on any atom is -0.446 e. The van der Waals surface area contributed by atoms with Crippen LogP contribution in [0.15, 0.2) is 21.2 Å². The molecular weight excluding hydrogens is 272 g/mol. The van der Waals surface area contributed by atoms with Crippen molar-refractivity contribution < 1.29 is 4.42 Å². The third kappa shape index (κ3) is 1.49. The van der Waals surface area contributed by atoms with Crippen LogP contribution in [-0.4, -0.2) is 21.3 Å². The average Bonchev–Trinajstić information content (AvgIpc) is 2.84. The van der Waals surface area contributed by atoms with E-state index >= 15 is 0 Å². The summed E-state index contributed by atoms with van der Waals surface area (Å²) >= 11 is 3.29. The van der Waals surface area contributed by atoms with Gasteiger partial charge >= 0.3 is 0 Å². The number of rotatable bonds is 1. The van der Waals surface area contributed by atoms with Gasteiger partial charge in [-0.15, -0.1) is 10.2 Å². The number of fused-ring (bicyclic) bond motifs is 1. The fourth-order valence-corrected chi connectivity index (χ4v) is 2.26. The molecule has 1 atom stereocenters. The van der Waals surface area contributed by atoms with Crippen LogP contribution in [-0.2, 0) is 6.54 Å². The predicted octanol–water partition coefficient (Wildman–Crippen LogP) is 1.96. The van der Waals surface area contributed by atoms with Gasteiger partial charge in [0.2, 0.25) is 0 Å². The number of nitrogens with zero attached hydrogens (tertiary/aromatic N) is 3. The first-order valence-electron chi connectivity index (χ1n) is 5.18. The van der Waals surface area contributed by atoms with Gasteiger partial charge in [-0.05, 0) is 35.0 Å². The molecule has 0 amide bonds. The summed E-state index contributed by atoms with van der Waals surface area (Å²) in [4.78, 5) is 0. The van der Waals surface area contributed by atoms with Crippen LogP contribution in [0.1, 0.15) is 18.8 Å². The second-order valence-corrected chi connectivity index (χ2v) is 4.59. The zero-order chi connectivity index (χ0) is 11.1. The quantitative estimate of drug-likeness (QED) is 0.869. The predicted molar refractivity (Wildman–Crippen MR) is 61.8 cm³/mol.